The molecule has 1 aromatic rings. The van der Waals surface area contributed by atoms with Gasteiger partial charge in [0.15, 0.2) is 0 Å². The van der Waals surface area contributed by atoms with Gasteiger partial charge >= 0.3 is 0 Å². The first-order chi connectivity index (χ1) is 12.0. The average molecular weight is 346 g/mol. The molecule has 25 heavy (non-hydrogen) atoms. The zero-order valence-corrected chi connectivity index (χ0v) is 15.6. The molecule has 0 aliphatic heterocycles. The number of anilines is 1. The number of hydrogen-bond acceptors (Lipinski definition) is 3. The highest BCUT2D eigenvalue weighted by molar-refractivity contribution is 5.94. The van der Waals surface area contributed by atoms with Gasteiger partial charge < -0.3 is 15.4 Å². The van der Waals surface area contributed by atoms with Crippen molar-refractivity contribution in [2.24, 2.45) is 11.8 Å². The summed E-state index contributed by atoms with van der Waals surface area (Å²) in [6.07, 6.45) is 5.16. The van der Waals surface area contributed by atoms with Crippen LogP contribution in [-0.4, -0.2) is 25.5 Å². The molecule has 2 N–H and O–H groups in total. The van der Waals surface area contributed by atoms with E-state index in [2.05, 4.69) is 17.6 Å². The van der Waals surface area contributed by atoms with Crippen LogP contribution in [0.15, 0.2) is 18.2 Å². The lowest BCUT2D eigenvalue weighted by atomic mass is 9.81. The third-order valence-corrected chi connectivity index (χ3v) is 4.91. The summed E-state index contributed by atoms with van der Waals surface area (Å²) < 4.78 is 5.32. The number of carbonyl (C=O) groups is 2. The number of rotatable bonds is 7. The maximum Gasteiger partial charge on any atom is 0.227 e. The summed E-state index contributed by atoms with van der Waals surface area (Å²) in [4.78, 5) is 24.7. The summed E-state index contributed by atoms with van der Waals surface area (Å²) in [6.45, 7) is 4.85. The zero-order valence-electron chi connectivity index (χ0n) is 15.6. The van der Waals surface area contributed by atoms with E-state index >= 15 is 0 Å². The van der Waals surface area contributed by atoms with Crippen molar-refractivity contribution in [3.63, 3.8) is 0 Å². The Labute approximate surface area is 150 Å². The van der Waals surface area contributed by atoms with Gasteiger partial charge in [0.1, 0.15) is 5.75 Å². The Kier molecular flexibility index (Phi) is 7.29. The first-order valence-electron chi connectivity index (χ1n) is 9.28. The number of unbranched alkanes of at least 4 members (excludes halogenated alkanes) is 1. The van der Waals surface area contributed by atoms with Crippen molar-refractivity contribution in [1.29, 1.82) is 0 Å². The molecule has 0 saturated heterocycles. The number of ether oxygens (including phenoxy) is 1. The minimum Gasteiger partial charge on any atom is -0.495 e. The minimum absolute atomic E-state index is 0.0220. The topological polar surface area (TPSA) is 67.4 Å². The maximum absolute atomic E-state index is 12.6. The van der Waals surface area contributed by atoms with E-state index < -0.39 is 0 Å². The van der Waals surface area contributed by atoms with Crippen molar-refractivity contribution in [2.45, 2.75) is 52.4 Å². The van der Waals surface area contributed by atoms with Crippen LogP contribution >= 0.6 is 0 Å². The smallest absolute Gasteiger partial charge is 0.227 e. The Morgan fingerprint density at radius 3 is 2.36 bits per heavy atom. The molecule has 1 aromatic carbocycles. The van der Waals surface area contributed by atoms with E-state index in [9.17, 15) is 9.59 Å². The number of hydrogen-bond donors (Lipinski definition) is 2. The number of aryl methyl sites for hydroxylation is 1. The SMILES string of the molecule is CCCCNC(=O)C1CCC(C(=O)Nc2cc(C)ccc2OC)CC1. The third-order valence-electron chi connectivity index (χ3n) is 4.91. The number of nitrogens with one attached hydrogen (secondary N) is 2. The van der Waals surface area contributed by atoms with Crippen LogP contribution in [0.3, 0.4) is 0 Å². The summed E-state index contributed by atoms with van der Waals surface area (Å²) in [5, 5.41) is 6.00. The highest BCUT2D eigenvalue weighted by Crippen LogP contribution is 2.31. The largest absolute Gasteiger partial charge is 0.495 e. The van der Waals surface area contributed by atoms with E-state index in [4.69, 9.17) is 4.74 Å². The van der Waals surface area contributed by atoms with Crippen LogP contribution in [-0.2, 0) is 9.59 Å². The molecule has 1 saturated carbocycles. The van der Waals surface area contributed by atoms with E-state index in [0.717, 1.165) is 50.6 Å². The molecule has 1 aliphatic carbocycles. The second-order valence-corrected chi connectivity index (χ2v) is 6.89. The van der Waals surface area contributed by atoms with Crippen LogP contribution in [0.5, 0.6) is 5.75 Å². The average Bonchev–Trinajstić information content (AvgIpc) is 2.62. The predicted molar refractivity (Wildman–Crippen MR) is 99.7 cm³/mol. The standard InChI is InChI=1S/C20H30N2O3/c1-4-5-12-21-19(23)15-7-9-16(10-8-15)20(24)22-17-13-14(2)6-11-18(17)25-3/h6,11,13,15-16H,4-5,7-10,12H2,1-3H3,(H,21,23)(H,22,24). The monoisotopic (exact) mass is 346 g/mol. The first kappa shape index (κ1) is 19.3. The van der Waals surface area contributed by atoms with Crippen molar-refractivity contribution < 1.29 is 14.3 Å². The molecule has 2 amide bonds. The Morgan fingerprint density at radius 2 is 1.76 bits per heavy atom. The van der Waals surface area contributed by atoms with Gasteiger partial charge in [-0.05, 0) is 56.7 Å². The van der Waals surface area contributed by atoms with E-state index in [1.165, 1.54) is 0 Å². The van der Waals surface area contributed by atoms with Gasteiger partial charge in [0.25, 0.3) is 0 Å². The Bertz CT molecular complexity index is 593. The van der Waals surface area contributed by atoms with Crippen molar-refractivity contribution in [1.82, 2.24) is 5.32 Å². The summed E-state index contributed by atoms with van der Waals surface area (Å²) in [5.41, 5.74) is 1.79. The van der Waals surface area contributed by atoms with Crippen molar-refractivity contribution >= 4 is 17.5 Å². The molecule has 0 atom stereocenters. The van der Waals surface area contributed by atoms with Gasteiger partial charge in [-0.2, -0.15) is 0 Å². The molecule has 5 heteroatoms. The molecule has 0 radical (unpaired) electrons. The van der Waals surface area contributed by atoms with Crippen LogP contribution in [0.1, 0.15) is 51.0 Å². The fraction of sp³-hybridized carbons (Fsp3) is 0.600. The van der Waals surface area contributed by atoms with Gasteiger partial charge in [0, 0.05) is 18.4 Å². The van der Waals surface area contributed by atoms with Crippen LogP contribution in [0.4, 0.5) is 5.69 Å². The van der Waals surface area contributed by atoms with Gasteiger partial charge in [-0.25, -0.2) is 0 Å². The van der Waals surface area contributed by atoms with Crippen LogP contribution in [0, 0.1) is 18.8 Å². The maximum atomic E-state index is 12.6. The molecule has 1 aliphatic rings. The fourth-order valence-corrected chi connectivity index (χ4v) is 3.30. The van der Waals surface area contributed by atoms with E-state index in [-0.39, 0.29) is 23.7 Å². The van der Waals surface area contributed by atoms with Crippen LogP contribution < -0.4 is 15.4 Å². The van der Waals surface area contributed by atoms with Crippen molar-refractivity contribution in [3.8, 4) is 5.75 Å². The lowest BCUT2D eigenvalue weighted by Crippen LogP contribution is -2.35. The van der Waals surface area contributed by atoms with E-state index in [0.29, 0.717) is 11.4 Å². The molecular weight excluding hydrogens is 316 g/mol. The highest BCUT2D eigenvalue weighted by Gasteiger charge is 2.30. The van der Waals surface area contributed by atoms with Gasteiger partial charge in [-0.3, -0.25) is 9.59 Å². The Morgan fingerprint density at radius 1 is 1.12 bits per heavy atom. The Hall–Kier alpha value is -2.04. The minimum atomic E-state index is -0.0371. The molecule has 5 nitrogen and oxygen atoms in total. The molecule has 138 valence electrons. The molecule has 1 fully saturated rings. The summed E-state index contributed by atoms with van der Waals surface area (Å²) in [6, 6.07) is 5.74. The predicted octanol–water partition coefficient (Wildman–Crippen LogP) is 3.66. The van der Waals surface area contributed by atoms with Gasteiger partial charge in [0.05, 0.1) is 12.8 Å². The van der Waals surface area contributed by atoms with Crippen LogP contribution in [0.2, 0.25) is 0 Å². The quantitative estimate of drug-likeness (QED) is 0.740. The number of amides is 2. The second kappa shape index (κ2) is 9.44. The van der Waals surface area contributed by atoms with Crippen LogP contribution in [0.25, 0.3) is 0 Å². The Balaban J connectivity index is 1.85. The van der Waals surface area contributed by atoms with Crippen molar-refractivity contribution in [3.05, 3.63) is 23.8 Å². The lowest BCUT2D eigenvalue weighted by Gasteiger charge is -2.27. The molecule has 0 aromatic heterocycles. The van der Waals surface area contributed by atoms with E-state index in [1.807, 2.05) is 25.1 Å². The normalized spacial score (nSPS) is 20.0. The summed E-state index contributed by atoms with van der Waals surface area (Å²) >= 11 is 0. The van der Waals surface area contributed by atoms with E-state index in [1.54, 1.807) is 7.11 Å². The molecule has 0 bridgehead atoms. The lowest BCUT2D eigenvalue weighted by molar-refractivity contribution is -0.128. The number of benzene rings is 1. The van der Waals surface area contributed by atoms with Gasteiger partial charge in [-0.15, -0.1) is 0 Å². The molecule has 0 spiro atoms. The van der Waals surface area contributed by atoms with Gasteiger partial charge in [0.2, 0.25) is 11.8 Å². The third kappa shape index (κ3) is 5.48. The molecule has 0 unspecified atom stereocenters. The summed E-state index contributed by atoms with van der Waals surface area (Å²) in [5.74, 6) is 0.851. The van der Waals surface area contributed by atoms with Crippen molar-refractivity contribution in [2.75, 3.05) is 19.0 Å². The highest BCUT2D eigenvalue weighted by atomic mass is 16.5. The number of carbonyl (C=O) groups excluding carboxylic acids is 2. The number of methoxy groups -OCH3 is 1. The summed E-state index contributed by atoms with van der Waals surface area (Å²) in [7, 11) is 1.60. The van der Waals surface area contributed by atoms with Gasteiger partial charge in [-0.1, -0.05) is 19.4 Å². The molecule has 2 rings (SSSR count). The fourth-order valence-electron chi connectivity index (χ4n) is 3.30. The molecule has 0 heterocycles. The molecular formula is C20H30N2O3. The second-order valence-electron chi connectivity index (χ2n) is 6.89. The first-order valence-corrected chi connectivity index (χ1v) is 9.28. The zero-order chi connectivity index (χ0) is 18.2.